The Morgan fingerprint density at radius 1 is 1.13 bits per heavy atom. The Kier molecular flexibility index (Phi) is 7.14. The molecule has 3 aromatic rings. The number of aromatic nitrogens is 3. The fourth-order valence-electron chi connectivity index (χ4n) is 4.82. The molecule has 204 valence electrons. The van der Waals surface area contributed by atoms with Crippen LogP contribution < -0.4 is 10.2 Å². The fraction of sp³-hybridized carbons (Fsp3) is 0.480. The lowest BCUT2D eigenvalue weighted by Gasteiger charge is -2.33. The number of rotatable bonds is 4. The van der Waals surface area contributed by atoms with Gasteiger partial charge in [-0.1, -0.05) is 0 Å². The first kappa shape index (κ1) is 26.2. The van der Waals surface area contributed by atoms with Crippen LogP contribution in [0.1, 0.15) is 17.8 Å². The van der Waals surface area contributed by atoms with Crippen molar-refractivity contribution in [2.75, 3.05) is 56.2 Å². The molecule has 2 aliphatic heterocycles. The van der Waals surface area contributed by atoms with Gasteiger partial charge in [-0.3, -0.25) is 0 Å². The van der Waals surface area contributed by atoms with Crippen LogP contribution in [0.25, 0.3) is 16.8 Å². The number of alkyl halides is 3. The summed E-state index contributed by atoms with van der Waals surface area (Å²) >= 11 is 0. The van der Waals surface area contributed by atoms with Crippen LogP contribution in [0.5, 0.6) is 0 Å². The Bertz CT molecular complexity index is 1340. The van der Waals surface area contributed by atoms with E-state index < -0.39 is 30.5 Å². The molecule has 1 N–H and O–H groups in total. The molecule has 2 saturated heterocycles. The van der Waals surface area contributed by atoms with Crippen molar-refractivity contribution < 1.29 is 31.8 Å². The number of hydrogen-bond donors (Lipinski definition) is 1. The lowest BCUT2D eigenvalue weighted by molar-refractivity contribution is -0.168. The van der Waals surface area contributed by atoms with Gasteiger partial charge in [-0.25, -0.2) is 18.7 Å². The second kappa shape index (κ2) is 10.4. The molecular weight excluding hydrogens is 508 g/mol. The number of nitrogens with one attached hydrogen (secondary N) is 1. The topological polar surface area (TPSA) is 84.2 Å². The van der Waals surface area contributed by atoms with Crippen molar-refractivity contribution in [3.8, 4) is 11.1 Å². The van der Waals surface area contributed by atoms with Crippen LogP contribution >= 0.6 is 0 Å². The molecule has 0 bridgehead atoms. The van der Waals surface area contributed by atoms with Gasteiger partial charge in [-0.2, -0.15) is 18.3 Å². The first-order valence-corrected chi connectivity index (χ1v) is 12.3. The lowest BCUT2D eigenvalue weighted by atomic mass is 10.00. The van der Waals surface area contributed by atoms with Gasteiger partial charge in [0, 0.05) is 37.9 Å². The van der Waals surface area contributed by atoms with Crippen LogP contribution in [0.2, 0.25) is 0 Å². The van der Waals surface area contributed by atoms with Gasteiger partial charge in [0.1, 0.15) is 11.6 Å². The van der Waals surface area contributed by atoms with E-state index in [1.165, 1.54) is 17.0 Å². The van der Waals surface area contributed by atoms with E-state index in [0.717, 1.165) is 11.3 Å². The number of hydrogen-bond acceptors (Lipinski definition) is 6. The molecule has 2 fully saturated rings. The molecule has 0 unspecified atom stereocenters. The number of carbonyl (C=O) groups is 1. The third-order valence-corrected chi connectivity index (χ3v) is 6.62. The normalized spacial score (nSPS) is 18.7. The van der Waals surface area contributed by atoms with Gasteiger partial charge < -0.3 is 24.6 Å². The number of pyridine rings is 1. The second-order valence-corrected chi connectivity index (χ2v) is 9.48. The molecule has 2 aliphatic rings. The van der Waals surface area contributed by atoms with Gasteiger partial charge in [0.2, 0.25) is 0 Å². The molecule has 0 aliphatic carbocycles. The standard InChI is InChI=1S/C25H28F4N6O3/c1-15-9-20(26)21(31-24(36)34-5-8-38-18(14-34)12-25(27,28)29)11-19(15)17-10-22(33-3-6-37-7-4-33)23-30-16(2)32-35(23)13-17/h9-11,13,18H,3-8,12,14H2,1-2H3,(H,31,36)/t18-/m1/s1. The fourth-order valence-corrected chi connectivity index (χ4v) is 4.82. The summed E-state index contributed by atoms with van der Waals surface area (Å²) in [7, 11) is 0. The van der Waals surface area contributed by atoms with E-state index in [0.29, 0.717) is 48.9 Å². The van der Waals surface area contributed by atoms with Crippen LogP contribution in [0.3, 0.4) is 0 Å². The minimum Gasteiger partial charge on any atom is -0.378 e. The number of carbonyl (C=O) groups excluding carboxylic acids is 1. The minimum atomic E-state index is -4.41. The summed E-state index contributed by atoms with van der Waals surface area (Å²) in [5.74, 6) is -0.0411. The number of fused-ring (bicyclic) bond motifs is 1. The first-order chi connectivity index (χ1) is 18.1. The summed E-state index contributed by atoms with van der Waals surface area (Å²) in [6.45, 7) is 5.94. The van der Waals surface area contributed by atoms with E-state index in [2.05, 4.69) is 20.3 Å². The monoisotopic (exact) mass is 536 g/mol. The Morgan fingerprint density at radius 3 is 2.63 bits per heavy atom. The van der Waals surface area contributed by atoms with E-state index in [-0.39, 0.29) is 25.4 Å². The van der Waals surface area contributed by atoms with Gasteiger partial charge in [0.15, 0.2) is 5.65 Å². The summed E-state index contributed by atoms with van der Waals surface area (Å²) in [4.78, 5) is 20.8. The minimum absolute atomic E-state index is 0.0303. The van der Waals surface area contributed by atoms with E-state index in [1.54, 1.807) is 24.6 Å². The number of morpholine rings is 2. The van der Waals surface area contributed by atoms with E-state index in [1.807, 2.05) is 6.07 Å². The maximum Gasteiger partial charge on any atom is 0.391 e. The van der Waals surface area contributed by atoms with Gasteiger partial charge >= 0.3 is 12.2 Å². The highest BCUT2D eigenvalue weighted by atomic mass is 19.4. The molecule has 0 radical (unpaired) electrons. The number of halogens is 4. The van der Waals surface area contributed by atoms with Crippen LogP contribution in [0, 0.1) is 19.7 Å². The smallest absolute Gasteiger partial charge is 0.378 e. The van der Waals surface area contributed by atoms with Crippen molar-refractivity contribution in [3.05, 3.63) is 41.6 Å². The molecule has 4 heterocycles. The van der Waals surface area contributed by atoms with Gasteiger partial charge in [-0.15, -0.1) is 0 Å². The van der Waals surface area contributed by atoms with Crippen LogP contribution in [-0.2, 0) is 9.47 Å². The maximum atomic E-state index is 14.9. The molecule has 38 heavy (non-hydrogen) atoms. The zero-order valence-corrected chi connectivity index (χ0v) is 21.0. The largest absolute Gasteiger partial charge is 0.391 e. The van der Waals surface area contributed by atoms with Crippen molar-refractivity contribution in [2.45, 2.75) is 32.5 Å². The summed E-state index contributed by atoms with van der Waals surface area (Å²) < 4.78 is 65.6. The molecular formula is C25H28F4N6O3. The summed E-state index contributed by atoms with van der Waals surface area (Å²) in [5, 5.41) is 7.01. The number of aryl methyl sites for hydroxylation is 2. The van der Waals surface area contributed by atoms with Crippen LogP contribution in [0.4, 0.5) is 33.7 Å². The quantitative estimate of drug-likeness (QED) is 0.504. The van der Waals surface area contributed by atoms with Gasteiger partial charge in [0.25, 0.3) is 0 Å². The number of amides is 2. The van der Waals surface area contributed by atoms with Crippen molar-refractivity contribution in [2.24, 2.45) is 0 Å². The number of ether oxygens (including phenoxy) is 2. The molecule has 13 heteroatoms. The molecule has 5 rings (SSSR count). The summed E-state index contributed by atoms with van der Waals surface area (Å²) in [5.41, 5.74) is 3.54. The number of benzene rings is 1. The average Bonchev–Trinajstić information content (AvgIpc) is 3.24. The third kappa shape index (κ3) is 5.68. The number of nitrogens with zero attached hydrogens (tertiary/aromatic N) is 5. The molecule has 0 saturated carbocycles. The Labute approximate surface area is 216 Å². The lowest BCUT2D eigenvalue weighted by Crippen LogP contribution is -2.48. The Morgan fingerprint density at radius 2 is 1.89 bits per heavy atom. The van der Waals surface area contributed by atoms with Crippen molar-refractivity contribution in [1.29, 1.82) is 0 Å². The molecule has 0 spiro atoms. The van der Waals surface area contributed by atoms with E-state index >= 15 is 0 Å². The Hall–Kier alpha value is -3.45. The first-order valence-electron chi connectivity index (χ1n) is 12.3. The highest BCUT2D eigenvalue weighted by Crippen LogP contribution is 2.33. The van der Waals surface area contributed by atoms with Crippen LogP contribution in [-0.4, -0.2) is 83.8 Å². The zero-order valence-electron chi connectivity index (χ0n) is 21.0. The Balaban J connectivity index is 1.44. The molecule has 2 aromatic heterocycles. The van der Waals surface area contributed by atoms with E-state index in [4.69, 9.17) is 9.47 Å². The SMILES string of the molecule is Cc1nc2c(N3CCOCC3)cc(-c3cc(NC(=O)N4CCO[C@H](CC(F)(F)F)C4)c(F)cc3C)cn2n1. The zero-order chi connectivity index (χ0) is 27.0. The van der Waals surface area contributed by atoms with Crippen molar-refractivity contribution in [1.82, 2.24) is 19.5 Å². The molecule has 1 aromatic carbocycles. The second-order valence-electron chi connectivity index (χ2n) is 9.48. The van der Waals surface area contributed by atoms with Gasteiger partial charge in [0.05, 0.1) is 43.7 Å². The predicted octanol–water partition coefficient (Wildman–Crippen LogP) is 4.17. The van der Waals surface area contributed by atoms with E-state index in [9.17, 15) is 22.4 Å². The van der Waals surface area contributed by atoms with Crippen molar-refractivity contribution in [3.63, 3.8) is 0 Å². The maximum absolute atomic E-state index is 14.9. The number of anilines is 2. The van der Waals surface area contributed by atoms with Gasteiger partial charge in [-0.05, 0) is 43.2 Å². The van der Waals surface area contributed by atoms with Crippen LogP contribution in [0.15, 0.2) is 24.4 Å². The summed E-state index contributed by atoms with van der Waals surface area (Å²) in [6, 6.07) is 4.13. The average molecular weight is 537 g/mol. The number of urea groups is 1. The molecule has 2 amide bonds. The van der Waals surface area contributed by atoms with Crippen molar-refractivity contribution >= 4 is 23.1 Å². The highest BCUT2D eigenvalue weighted by molar-refractivity contribution is 5.91. The summed E-state index contributed by atoms with van der Waals surface area (Å²) in [6.07, 6.45) is -4.93. The molecule has 9 nitrogen and oxygen atoms in total. The molecule has 1 atom stereocenters. The third-order valence-electron chi connectivity index (χ3n) is 6.62. The highest BCUT2D eigenvalue weighted by Gasteiger charge is 2.36. The predicted molar refractivity (Wildman–Crippen MR) is 132 cm³/mol.